The highest BCUT2D eigenvalue weighted by Gasteiger charge is 2.41. The summed E-state index contributed by atoms with van der Waals surface area (Å²) in [7, 11) is 0. The van der Waals surface area contributed by atoms with Gasteiger partial charge in [-0.1, -0.05) is 29.8 Å². The SMILES string of the molecule is Cc1nn(Cc2ccccc2Cl)c(C)c1NC(=O)CCn1nc(C(F)(F)F)c(Br)c1C1CC1. The van der Waals surface area contributed by atoms with Gasteiger partial charge >= 0.3 is 6.18 Å². The Bertz CT molecular complexity index is 1200. The molecule has 1 aliphatic rings. The molecule has 0 atom stereocenters. The third kappa shape index (κ3) is 5.11. The largest absolute Gasteiger partial charge is 0.436 e. The highest BCUT2D eigenvalue weighted by molar-refractivity contribution is 9.10. The fourth-order valence-corrected chi connectivity index (χ4v) is 4.81. The number of aromatic nitrogens is 4. The van der Waals surface area contributed by atoms with Crippen molar-refractivity contribution in [3.05, 3.63) is 62.1 Å². The van der Waals surface area contributed by atoms with Crippen LogP contribution in [0.5, 0.6) is 0 Å². The topological polar surface area (TPSA) is 64.7 Å². The number of anilines is 1. The Hall–Kier alpha value is -2.33. The van der Waals surface area contributed by atoms with Crippen LogP contribution in [0, 0.1) is 13.8 Å². The first-order chi connectivity index (χ1) is 15.6. The zero-order chi connectivity index (χ0) is 23.9. The minimum atomic E-state index is -4.56. The number of aryl methyl sites for hydroxylation is 2. The smallest absolute Gasteiger partial charge is 0.323 e. The van der Waals surface area contributed by atoms with Crippen molar-refractivity contribution in [3.63, 3.8) is 0 Å². The van der Waals surface area contributed by atoms with Gasteiger partial charge in [0.25, 0.3) is 0 Å². The van der Waals surface area contributed by atoms with Gasteiger partial charge in [-0.2, -0.15) is 23.4 Å². The average Bonchev–Trinajstić information content (AvgIpc) is 3.47. The predicted molar refractivity (Wildman–Crippen MR) is 122 cm³/mol. The number of hydrogen-bond donors (Lipinski definition) is 1. The van der Waals surface area contributed by atoms with E-state index < -0.39 is 11.9 Å². The summed E-state index contributed by atoms with van der Waals surface area (Å²) >= 11 is 9.31. The van der Waals surface area contributed by atoms with Crippen LogP contribution in [0.15, 0.2) is 28.7 Å². The zero-order valence-corrected chi connectivity index (χ0v) is 20.4. The second kappa shape index (κ2) is 9.13. The predicted octanol–water partition coefficient (Wildman–Crippen LogP) is 6.09. The molecule has 1 fully saturated rings. The number of alkyl halides is 3. The Morgan fingerprint density at radius 2 is 1.91 bits per heavy atom. The Morgan fingerprint density at radius 1 is 1.21 bits per heavy atom. The first-order valence-electron chi connectivity index (χ1n) is 10.5. The van der Waals surface area contributed by atoms with E-state index in [1.165, 1.54) is 4.68 Å². The van der Waals surface area contributed by atoms with Gasteiger partial charge in [0.15, 0.2) is 5.69 Å². The van der Waals surface area contributed by atoms with Crippen molar-refractivity contribution in [3.8, 4) is 0 Å². The number of benzene rings is 1. The molecule has 0 aliphatic heterocycles. The van der Waals surface area contributed by atoms with Crippen LogP contribution in [-0.2, 0) is 24.1 Å². The van der Waals surface area contributed by atoms with Crippen molar-refractivity contribution in [2.24, 2.45) is 0 Å². The van der Waals surface area contributed by atoms with Crippen molar-refractivity contribution >= 4 is 39.1 Å². The lowest BCUT2D eigenvalue weighted by Crippen LogP contribution is -2.17. The van der Waals surface area contributed by atoms with Gasteiger partial charge in [-0.15, -0.1) is 0 Å². The summed E-state index contributed by atoms with van der Waals surface area (Å²) in [4.78, 5) is 12.7. The normalized spacial score (nSPS) is 14.0. The van der Waals surface area contributed by atoms with Gasteiger partial charge < -0.3 is 5.32 Å². The molecule has 11 heteroatoms. The van der Waals surface area contributed by atoms with Gasteiger partial charge in [-0.25, -0.2) is 0 Å². The summed E-state index contributed by atoms with van der Waals surface area (Å²) in [5.74, 6) is -0.279. The van der Waals surface area contributed by atoms with Crippen LogP contribution in [0.2, 0.25) is 5.02 Å². The van der Waals surface area contributed by atoms with Crippen molar-refractivity contribution in [1.29, 1.82) is 0 Å². The van der Waals surface area contributed by atoms with E-state index in [0.717, 1.165) is 24.1 Å². The molecular weight excluding hydrogens is 523 g/mol. The number of carbonyl (C=O) groups excluding carboxylic acids is 1. The molecule has 1 N–H and O–H groups in total. The number of halogens is 5. The molecular formula is C22H22BrClF3N5O. The van der Waals surface area contributed by atoms with Gasteiger partial charge in [-0.3, -0.25) is 14.2 Å². The fraction of sp³-hybridized carbons (Fsp3) is 0.409. The molecule has 2 heterocycles. The molecule has 1 aromatic carbocycles. The van der Waals surface area contributed by atoms with Crippen LogP contribution in [0.25, 0.3) is 0 Å². The number of amides is 1. The Labute approximate surface area is 202 Å². The molecule has 2 aromatic heterocycles. The van der Waals surface area contributed by atoms with Gasteiger partial charge in [0.05, 0.1) is 40.3 Å². The summed E-state index contributed by atoms with van der Waals surface area (Å²) in [6, 6.07) is 7.46. The molecule has 1 amide bonds. The maximum atomic E-state index is 13.3. The summed E-state index contributed by atoms with van der Waals surface area (Å²) in [5.41, 5.74) is 2.47. The first-order valence-corrected chi connectivity index (χ1v) is 11.6. The molecule has 1 saturated carbocycles. The molecule has 0 saturated heterocycles. The summed E-state index contributed by atoms with van der Waals surface area (Å²) < 4.78 is 42.9. The average molecular weight is 545 g/mol. The third-order valence-corrected chi connectivity index (χ3v) is 6.79. The van der Waals surface area contributed by atoms with E-state index in [2.05, 4.69) is 31.4 Å². The maximum absolute atomic E-state index is 13.3. The Kier molecular flexibility index (Phi) is 6.59. The monoisotopic (exact) mass is 543 g/mol. The van der Waals surface area contributed by atoms with Crippen LogP contribution in [-0.4, -0.2) is 25.5 Å². The zero-order valence-electron chi connectivity index (χ0n) is 18.0. The lowest BCUT2D eigenvalue weighted by molar-refractivity contribution is -0.142. The second-order valence-electron chi connectivity index (χ2n) is 8.14. The summed E-state index contributed by atoms with van der Waals surface area (Å²) in [6.45, 7) is 4.14. The standard InChI is InChI=1S/C22H22BrClF3N5O/c1-12-19(13(2)32(29-12)11-15-5-3-4-6-16(15)24)28-17(33)9-10-31-20(14-7-8-14)18(23)21(30-31)22(25,26)27/h3-6,14H,7-11H2,1-2H3,(H,28,33). The van der Waals surface area contributed by atoms with Crippen LogP contribution >= 0.6 is 27.5 Å². The van der Waals surface area contributed by atoms with Gasteiger partial charge in [0.2, 0.25) is 5.91 Å². The molecule has 0 bridgehead atoms. The van der Waals surface area contributed by atoms with Crippen LogP contribution in [0.4, 0.5) is 18.9 Å². The lowest BCUT2D eigenvalue weighted by Gasteiger charge is -2.09. The van der Waals surface area contributed by atoms with Crippen molar-refractivity contribution < 1.29 is 18.0 Å². The summed E-state index contributed by atoms with van der Waals surface area (Å²) in [6.07, 6.45) is -2.94. The molecule has 0 radical (unpaired) electrons. The van der Waals surface area contributed by atoms with Gasteiger partial charge in [0, 0.05) is 17.4 Å². The molecule has 0 unspecified atom stereocenters. The van der Waals surface area contributed by atoms with E-state index in [4.69, 9.17) is 11.6 Å². The van der Waals surface area contributed by atoms with E-state index in [1.807, 2.05) is 25.1 Å². The highest BCUT2D eigenvalue weighted by atomic mass is 79.9. The second-order valence-corrected chi connectivity index (χ2v) is 9.34. The number of hydrogen-bond acceptors (Lipinski definition) is 3. The third-order valence-electron chi connectivity index (χ3n) is 5.64. The van der Waals surface area contributed by atoms with E-state index in [9.17, 15) is 18.0 Å². The lowest BCUT2D eigenvalue weighted by atomic mass is 10.2. The maximum Gasteiger partial charge on any atom is 0.436 e. The fourth-order valence-electron chi connectivity index (χ4n) is 3.78. The number of rotatable bonds is 7. The number of carbonyl (C=O) groups is 1. The van der Waals surface area contributed by atoms with Crippen molar-refractivity contribution in [2.45, 2.75) is 58.3 Å². The quantitative estimate of drug-likeness (QED) is 0.392. The molecule has 1 aliphatic carbocycles. The van der Waals surface area contributed by atoms with Crippen molar-refractivity contribution in [1.82, 2.24) is 19.6 Å². The molecule has 4 rings (SSSR count). The van der Waals surface area contributed by atoms with E-state index in [0.29, 0.717) is 28.6 Å². The Morgan fingerprint density at radius 3 is 2.55 bits per heavy atom. The minimum absolute atomic E-state index is 0.0142. The number of nitrogens with zero attached hydrogens (tertiary/aromatic N) is 4. The van der Waals surface area contributed by atoms with E-state index >= 15 is 0 Å². The molecule has 0 spiro atoms. The molecule has 6 nitrogen and oxygen atoms in total. The molecule has 33 heavy (non-hydrogen) atoms. The minimum Gasteiger partial charge on any atom is -0.323 e. The number of nitrogens with one attached hydrogen (secondary N) is 1. The van der Waals surface area contributed by atoms with Crippen LogP contribution in [0.1, 0.15) is 53.5 Å². The van der Waals surface area contributed by atoms with E-state index in [1.54, 1.807) is 17.7 Å². The molecule has 176 valence electrons. The Balaban J connectivity index is 1.46. The molecule has 3 aromatic rings. The van der Waals surface area contributed by atoms with Crippen LogP contribution in [0.3, 0.4) is 0 Å². The van der Waals surface area contributed by atoms with Gasteiger partial charge in [0.1, 0.15) is 0 Å². The highest BCUT2D eigenvalue weighted by Crippen LogP contribution is 2.47. The summed E-state index contributed by atoms with van der Waals surface area (Å²) in [5, 5.41) is 11.7. The first kappa shape index (κ1) is 23.8. The van der Waals surface area contributed by atoms with Gasteiger partial charge in [-0.05, 0) is 54.2 Å². The van der Waals surface area contributed by atoms with Crippen molar-refractivity contribution in [2.75, 3.05) is 5.32 Å². The van der Waals surface area contributed by atoms with Crippen LogP contribution < -0.4 is 5.32 Å². The van der Waals surface area contributed by atoms with E-state index in [-0.39, 0.29) is 29.3 Å².